The van der Waals surface area contributed by atoms with Gasteiger partial charge >= 0.3 is 7.60 Å². The van der Waals surface area contributed by atoms with Gasteiger partial charge in [-0.2, -0.15) is 0 Å². The van der Waals surface area contributed by atoms with Crippen LogP contribution in [0.2, 0.25) is 0 Å². The second kappa shape index (κ2) is 8.46. The van der Waals surface area contributed by atoms with E-state index in [2.05, 4.69) is 42.5 Å². The lowest BCUT2D eigenvalue weighted by atomic mass is 9.96. The molecule has 0 saturated heterocycles. The van der Waals surface area contributed by atoms with Crippen molar-refractivity contribution in [3.8, 4) is 11.1 Å². The summed E-state index contributed by atoms with van der Waals surface area (Å²) in [7, 11) is -3.21. The molecule has 0 saturated carbocycles. The minimum Gasteiger partial charge on any atom is -0.309 e. The Morgan fingerprint density at radius 1 is 0.759 bits per heavy atom. The van der Waals surface area contributed by atoms with E-state index in [1.165, 1.54) is 10.8 Å². The molecule has 4 rings (SSSR count). The van der Waals surface area contributed by atoms with Gasteiger partial charge in [-0.25, -0.2) is 0 Å². The molecule has 0 N–H and O–H groups in total. The van der Waals surface area contributed by atoms with Gasteiger partial charge in [0.15, 0.2) is 0 Å². The molecule has 3 aromatic carbocycles. The van der Waals surface area contributed by atoms with Crippen molar-refractivity contribution in [2.45, 2.75) is 20.0 Å². The van der Waals surface area contributed by atoms with E-state index in [1.807, 2.05) is 44.2 Å². The van der Waals surface area contributed by atoms with Gasteiger partial charge < -0.3 is 9.05 Å². The van der Waals surface area contributed by atoms with Crippen LogP contribution >= 0.6 is 7.60 Å². The Kier molecular flexibility index (Phi) is 5.77. The summed E-state index contributed by atoms with van der Waals surface area (Å²) in [5.74, 6) is 0. The summed E-state index contributed by atoms with van der Waals surface area (Å²) in [5.41, 5.74) is 3.79. The van der Waals surface area contributed by atoms with Crippen molar-refractivity contribution in [3.63, 3.8) is 0 Å². The van der Waals surface area contributed by atoms with Crippen molar-refractivity contribution in [2.75, 3.05) is 13.2 Å². The Morgan fingerprint density at radius 2 is 1.41 bits per heavy atom. The van der Waals surface area contributed by atoms with Crippen molar-refractivity contribution >= 4 is 29.3 Å². The van der Waals surface area contributed by atoms with E-state index < -0.39 is 7.60 Å². The van der Waals surface area contributed by atoms with Gasteiger partial charge in [-0.3, -0.25) is 9.55 Å². The van der Waals surface area contributed by atoms with E-state index in [-0.39, 0.29) is 6.16 Å². The summed E-state index contributed by atoms with van der Waals surface area (Å²) in [6.07, 6.45) is 0.161. The van der Waals surface area contributed by atoms with E-state index in [4.69, 9.17) is 14.0 Å². The van der Waals surface area contributed by atoms with Gasteiger partial charge in [-0.05, 0) is 36.2 Å². The molecule has 148 valence electrons. The highest BCUT2D eigenvalue weighted by Gasteiger charge is 2.25. The van der Waals surface area contributed by atoms with Crippen LogP contribution in [0.4, 0.5) is 0 Å². The zero-order valence-electron chi connectivity index (χ0n) is 16.7. The number of benzene rings is 3. The van der Waals surface area contributed by atoms with Crippen LogP contribution in [-0.4, -0.2) is 18.2 Å². The minimum absolute atomic E-state index is 0.161. The Bertz CT molecular complexity index is 1190. The van der Waals surface area contributed by atoms with Gasteiger partial charge in [0.2, 0.25) is 0 Å². The Hall–Kier alpha value is -2.52. The highest BCUT2D eigenvalue weighted by atomic mass is 31.2. The van der Waals surface area contributed by atoms with Crippen molar-refractivity contribution in [2.24, 2.45) is 0 Å². The number of pyridine rings is 1. The molecule has 0 aliphatic rings. The number of para-hydroxylation sites is 1. The summed E-state index contributed by atoms with van der Waals surface area (Å²) in [6, 6.07) is 24.8. The summed E-state index contributed by atoms with van der Waals surface area (Å²) in [4.78, 5) is 4.88. The van der Waals surface area contributed by atoms with Crippen LogP contribution in [0.15, 0.2) is 72.8 Å². The molecule has 0 radical (unpaired) electrons. The SMILES string of the molecule is CCOP(=O)(Cc1ccc2cccc(-c3cccc4ccccc34)c2n1)OCC. The molecule has 1 aromatic heterocycles. The molecule has 0 aliphatic carbocycles. The minimum atomic E-state index is -3.21. The highest BCUT2D eigenvalue weighted by Crippen LogP contribution is 2.51. The topological polar surface area (TPSA) is 48.4 Å². The molecule has 0 bridgehead atoms. The number of nitrogens with zero attached hydrogens (tertiary/aromatic N) is 1. The van der Waals surface area contributed by atoms with Gasteiger partial charge in [-0.15, -0.1) is 0 Å². The second-order valence-electron chi connectivity index (χ2n) is 6.81. The maximum Gasteiger partial charge on any atom is 0.336 e. The summed E-state index contributed by atoms with van der Waals surface area (Å²) in [5, 5.41) is 3.42. The van der Waals surface area contributed by atoms with E-state index in [0.717, 1.165) is 22.0 Å². The Morgan fingerprint density at radius 3 is 2.17 bits per heavy atom. The molecule has 0 unspecified atom stereocenters. The van der Waals surface area contributed by atoms with Crippen molar-refractivity contribution in [3.05, 3.63) is 78.5 Å². The smallest absolute Gasteiger partial charge is 0.309 e. The molecule has 29 heavy (non-hydrogen) atoms. The van der Waals surface area contributed by atoms with Crippen molar-refractivity contribution in [1.82, 2.24) is 4.98 Å². The van der Waals surface area contributed by atoms with E-state index in [1.54, 1.807) is 0 Å². The number of hydrogen-bond acceptors (Lipinski definition) is 4. The number of aromatic nitrogens is 1. The third-order valence-electron chi connectivity index (χ3n) is 4.86. The van der Waals surface area contributed by atoms with Crippen LogP contribution in [-0.2, 0) is 19.8 Å². The maximum absolute atomic E-state index is 13.0. The lowest BCUT2D eigenvalue weighted by molar-refractivity contribution is 0.219. The van der Waals surface area contributed by atoms with Crippen LogP contribution in [0.1, 0.15) is 19.5 Å². The average Bonchev–Trinajstić information content (AvgIpc) is 2.73. The maximum atomic E-state index is 13.0. The normalized spacial score (nSPS) is 11.9. The third kappa shape index (κ3) is 4.11. The molecule has 4 nitrogen and oxygen atoms in total. The van der Waals surface area contributed by atoms with E-state index in [0.29, 0.717) is 18.9 Å². The van der Waals surface area contributed by atoms with Crippen LogP contribution in [0.3, 0.4) is 0 Å². The fraction of sp³-hybridized carbons (Fsp3) is 0.208. The predicted octanol–water partition coefficient (Wildman–Crippen LogP) is 6.82. The first-order valence-corrected chi connectivity index (χ1v) is 11.6. The van der Waals surface area contributed by atoms with Crippen LogP contribution < -0.4 is 0 Å². The highest BCUT2D eigenvalue weighted by molar-refractivity contribution is 7.53. The fourth-order valence-electron chi connectivity index (χ4n) is 3.67. The Balaban J connectivity index is 1.84. The molecule has 0 atom stereocenters. The molecular formula is C24H24NO3P. The second-order valence-corrected chi connectivity index (χ2v) is 8.87. The van der Waals surface area contributed by atoms with Gasteiger partial charge in [0, 0.05) is 10.9 Å². The molecule has 0 fully saturated rings. The molecule has 4 aromatic rings. The Labute approximate surface area is 171 Å². The first-order valence-electron chi connectivity index (χ1n) is 9.88. The average molecular weight is 405 g/mol. The van der Waals surface area contributed by atoms with Crippen LogP contribution in [0.5, 0.6) is 0 Å². The first-order chi connectivity index (χ1) is 14.1. The lowest BCUT2D eigenvalue weighted by Crippen LogP contribution is -2.01. The van der Waals surface area contributed by atoms with Gasteiger partial charge in [0.25, 0.3) is 0 Å². The third-order valence-corrected chi connectivity index (χ3v) is 6.88. The largest absolute Gasteiger partial charge is 0.336 e. The van der Waals surface area contributed by atoms with Gasteiger partial charge in [0.1, 0.15) is 0 Å². The zero-order valence-corrected chi connectivity index (χ0v) is 17.6. The van der Waals surface area contributed by atoms with Crippen molar-refractivity contribution in [1.29, 1.82) is 0 Å². The molecule has 0 spiro atoms. The first kappa shape index (κ1) is 19.8. The molecular weight excluding hydrogens is 381 g/mol. The molecule has 0 amide bonds. The predicted molar refractivity (Wildman–Crippen MR) is 119 cm³/mol. The monoisotopic (exact) mass is 405 g/mol. The van der Waals surface area contributed by atoms with E-state index >= 15 is 0 Å². The number of fused-ring (bicyclic) bond motifs is 2. The van der Waals surface area contributed by atoms with Crippen molar-refractivity contribution < 1.29 is 13.6 Å². The fourth-order valence-corrected chi connectivity index (χ4v) is 5.29. The van der Waals surface area contributed by atoms with Gasteiger partial charge in [0.05, 0.1) is 30.6 Å². The standard InChI is InChI=1S/C24H24NO3P/c1-3-27-29(26,28-4-2)17-20-16-15-19-11-8-14-23(24(19)25-20)22-13-7-10-18-9-5-6-12-21(18)22/h5-16H,3-4,17H2,1-2H3. The molecule has 1 heterocycles. The number of rotatable bonds is 7. The van der Waals surface area contributed by atoms with Crippen LogP contribution in [0, 0.1) is 0 Å². The zero-order chi connectivity index (χ0) is 20.3. The molecule has 5 heteroatoms. The number of hydrogen-bond donors (Lipinski definition) is 0. The molecule has 0 aliphatic heterocycles. The van der Waals surface area contributed by atoms with E-state index in [9.17, 15) is 4.57 Å². The quantitative estimate of drug-likeness (QED) is 0.317. The summed E-state index contributed by atoms with van der Waals surface area (Å²) >= 11 is 0. The summed E-state index contributed by atoms with van der Waals surface area (Å²) in [6.45, 7) is 4.31. The van der Waals surface area contributed by atoms with Crippen LogP contribution in [0.25, 0.3) is 32.8 Å². The van der Waals surface area contributed by atoms with Gasteiger partial charge in [-0.1, -0.05) is 66.7 Å². The summed E-state index contributed by atoms with van der Waals surface area (Å²) < 4.78 is 23.9. The lowest BCUT2D eigenvalue weighted by Gasteiger charge is -2.17.